The molecule has 10 heteroatoms. The minimum absolute atomic E-state index is 0.0900. The van der Waals surface area contributed by atoms with Gasteiger partial charge in [0.2, 0.25) is 5.60 Å². The van der Waals surface area contributed by atoms with Crippen LogP contribution >= 0.6 is 0 Å². The number of aromatic nitrogens is 4. The topological polar surface area (TPSA) is 163 Å². The van der Waals surface area contributed by atoms with Gasteiger partial charge in [0.15, 0.2) is 11.5 Å². The molecule has 0 aromatic carbocycles. The molecule has 4 atom stereocenters. The average Bonchev–Trinajstić information content (AvgIpc) is 2.99. The van der Waals surface area contributed by atoms with Crippen LogP contribution in [-0.4, -0.2) is 59.3 Å². The van der Waals surface area contributed by atoms with E-state index in [0.29, 0.717) is 5.82 Å². The number of rotatable bonds is 2. The van der Waals surface area contributed by atoms with Crippen molar-refractivity contribution in [3.05, 3.63) is 17.7 Å². The van der Waals surface area contributed by atoms with Crippen molar-refractivity contribution in [3.63, 3.8) is 0 Å². The van der Waals surface area contributed by atoms with Crippen molar-refractivity contribution in [1.29, 1.82) is 5.26 Å². The predicted octanol–water partition coefficient (Wildman–Crippen LogP) is -1.76. The fourth-order valence-corrected chi connectivity index (χ4v) is 2.89. The first-order chi connectivity index (χ1) is 10.8. The molecule has 0 unspecified atom stereocenters. The van der Waals surface area contributed by atoms with Crippen molar-refractivity contribution in [2.75, 3.05) is 12.3 Å². The largest absolute Gasteiger partial charge is 0.394 e. The van der Waals surface area contributed by atoms with Crippen LogP contribution in [0.15, 0.2) is 6.20 Å². The lowest BCUT2D eigenvalue weighted by molar-refractivity contribution is -0.109. The van der Waals surface area contributed by atoms with Crippen LogP contribution in [-0.2, 0) is 10.3 Å². The highest BCUT2D eigenvalue weighted by Crippen LogP contribution is 2.46. The number of nitrogen functional groups attached to an aromatic ring is 1. The van der Waals surface area contributed by atoms with E-state index in [4.69, 9.17) is 10.5 Å². The van der Waals surface area contributed by atoms with Gasteiger partial charge in [-0.05, 0) is 13.8 Å². The summed E-state index contributed by atoms with van der Waals surface area (Å²) in [4.78, 5) is 8.05. The number of nitriles is 1. The van der Waals surface area contributed by atoms with Crippen LogP contribution < -0.4 is 5.73 Å². The zero-order valence-corrected chi connectivity index (χ0v) is 12.5. The SMILES string of the molecule is Cc1nc(N)c2ncc([C@]3(C#N)O[C@H](CO)[C@@H](O)[C@@]3(C)O)n2n1. The number of anilines is 1. The molecule has 5 N–H and O–H groups in total. The van der Waals surface area contributed by atoms with Crippen molar-refractivity contribution in [3.8, 4) is 6.07 Å². The van der Waals surface area contributed by atoms with Gasteiger partial charge < -0.3 is 25.8 Å². The summed E-state index contributed by atoms with van der Waals surface area (Å²) in [6, 6.07) is 1.89. The molecule has 0 saturated carbocycles. The summed E-state index contributed by atoms with van der Waals surface area (Å²) in [6.07, 6.45) is -1.32. The monoisotopic (exact) mass is 320 g/mol. The van der Waals surface area contributed by atoms with Gasteiger partial charge in [-0.15, -0.1) is 0 Å². The van der Waals surface area contributed by atoms with E-state index < -0.39 is 30.0 Å². The van der Waals surface area contributed by atoms with Gasteiger partial charge in [-0.1, -0.05) is 0 Å². The standard InChI is InChI=1S/C13H16N6O4/c1-6-17-10(15)11-16-3-8(19(11)18-6)13(5-14)12(2,22)9(21)7(4-20)23-13/h3,7,9,20-22H,4H2,1-2H3,(H2,15,17,18)/t7-,9-,12-,13+/m1/s1. The second-order valence-corrected chi connectivity index (χ2v) is 5.65. The van der Waals surface area contributed by atoms with Gasteiger partial charge in [-0.25, -0.2) is 14.5 Å². The number of imidazole rings is 1. The van der Waals surface area contributed by atoms with Gasteiger partial charge in [0.1, 0.15) is 35.4 Å². The molecule has 2 aromatic heterocycles. The molecule has 0 radical (unpaired) electrons. The molecule has 3 heterocycles. The van der Waals surface area contributed by atoms with Crippen LogP contribution in [0, 0.1) is 18.3 Å². The highest BCUT2D eigenvalue weighted by molar-refractivity contribution is 5.60. The predicted molar refractivity (Wildman–Crippen MR) is 75.8 cm³/mol. The molecule has 23 heavy (non-hydrogen) atoms. The quantitative estimate of drug-likeness (QED) is 0.501. The summed E-state index contributed by atoms with van der Waals surface area (Å²) in [5.74, 6) is 0.438. The van der Waals surface area contributed by atoms with Crippen molar-refractivity contribution >= 4 is 11.5 Å². The van der Waals surface area contributed by atoms with Crippen molar-refractivity contribution < 1.29 is 20.1 Å². The van der Waals surface area contributed by atoms with Crippen molar-refractivity contribution in [2.45, 2.75) is 37.3 Å². The molecule has 10 nitrogen and oxygen atoms in total. The minimum atomic E-state index is -2.00. The van der Waals surface area contributed by atoms with Crippen LogP contribution in [0.1, 0.15) is 18.4 Å². The van der Waals surface area contributed by atoms with Gasteiger partial charge in [0.25, 0.3) is 0 Å². The number of hydrogen-bond donors (Lipinski definition) is 4. The number of nitrogens with two attached hydrogens (primary N) is 1. The number of aliphatic hydroxyl groups is 3. The number of fused-ring (bicyclic) bond motifs is 1. The van der Waals surface area contributed by atoms with Crippen LogP contribution in [0.3, 0.4) is 0 Å². The Hall–Kier alpha value is -2.32. The molecule has 3 rings (SSSR count). The first-order valence-electron chi connectivity index (χ1n) is 6.87. The van der Waals surface area contributed by atoms with E-state index in [2.05, 4.69) is 15.1 Å². The Labute approximate surface area is 130 Å². The van der Waals surface area contributed by atoms with Gasteiger partial charge in [0, 0.05) is 0 Å². The molecular formula is C13H16N6O4. The highest BCUT2D eigenvalue weighted by atomic mass is 16.6. The number of nitrogens with zero attached hydrogens (tertiary/aromatic N) is 5. The number of aliphatic hydroxyl groups excluding tert-OH is 2. The van der Waals surface area contributed by atoms with Crippen LogP contribution in [0.4, 0.5) is 5.82 Å². The van der Waals surface area contributed by atoms with E-state index in [-0.39, 0.29) is 17.2 Å². The Morgan fingerprint density at radius 3 is 2.83 bits per heavy atom. The van der Waals surface area contributed by atoms with E-state index >= 15 is 0 Å². The maximum atomic E-state index is 10.7. The maximum Gasteiger partial charge on any atom is 0.229 e. The summed E-state index contributed by atoms with van der Waals surface area (Å²) in [7, 11) is 0. The average molecular weight is 320 g/mol. The smallest absolute Gasteiger partial charge is 0.229 e. The zero-order valence-electron chi connectivity index (χ0n) is 12.5. The molecule has 1 aliphatic rings. The van der Waals surface area contributed by atoms with Crippen molar-refractivity contribution in [2.24, 2.45) is 0 Å². The van der Waals surface area contributed by atoms with Crippen LogP contribution in [0.2, 0.25) is 0 Å². The second kappa shape index (κ2) is 4.84. The lowest BCUT2D eigenvalue weighted by atomic mass is 9.80. The number of hydrogen-bond acceptors (Lipinski definition) is 9. The lowest BCUT2D eigenvalue weighted by Gasteiger charge is -2.32. The van der Waals surface area contributed by atoms with E-state index in [1.807, 2.05) is 6.07 Å². The van der Waals surface area contributed by atoms with E-state index in [9.17, 15) is 20.6 Å². The normalized spacial score (nSPS) is 33.9. The second-order valence-electron chi connectivity index (χ2n) is 5.65. The Morgan fingerprint density at radius 1 is 1.57 bits per heavy atom. The fraction of sp³-hybridized carbons (Fsp3) is 0.538. The lowest BCUT2D eigenvalue weighted by Crippen LogP contribution is -2.52. The van der Waals surface area contributed by atoms with E-state index in [1.165, 1.54) is 17.6 Å². The van der Waals surface area contributed by atoms with Gasteiger partial charge in [-0.2, -0.15) is 10.4 Å². The molecule has 0 spiro atoms. The molecule has 122 valence electrons. The third-order valence-electron chi connectivity index (χ3n) is 4.16. The number of ether oxygens (including phenoxy) is 1. The van der Waals surface area contributed by atoms with E-state index in [0.717, 1.165) is 0 Å². The maximum absolute atomic E-state index is 10.7. The summed E-state index contributed by atoms with van der Waals surface area (Å²) in [5, 5.41) is 44.1. The van der Waals surface area contributed by atoms with Crippen LogP contribution in [0.5, 0.6) is 0 Å². The van der Waals surface area contributed by atoms with Gasteiger partial charge in [-0.3, -0.25) is 0 Å². The molecule has 0 amide bonds. The summed E-state index contributed by atoms with van der Waals surface area (Å²) in [6.45, 7) is 2.30. The summed E-state index contributed by atoms with van der Waals surface area (Å²) >= 11 is 0. The molecule has 1 aliphatic heterocycles. The molecule has 2 aromatic rings. The van der Waals surface area contributed by atoms with Gasteiger partial charge in [0.05, 0.1) is 12.8 Å². The Morgan fingerprint density at radius 2 is 2.26 bits per heavy atom. The summed E-state index contributed by atoms with van der Waals surface area (Å²) < 4.78 is 6.79. The van der Waals surface area contributed by atoms with Crippen LogP contribution in [0.25, 0.3) is 5.65 Å². The Kier molecular flexibility index (Phi) is 3.27. The third-order valence-corrected chi connectivity index (χ3v) is 4.16. The highest BCUT2D eigenvalue weighted by Gasteiger charge is 2.65. The Bertz CT molecular complexity index is 813. The molecule has 0 bridgehead atoms. The van der Waals surface area contributed by atoms with Crippen molar-refractivity contribution in [1.82, 2.24) is 19.6 Å². The molecular weight excluding hydrogens is 304 g/mol. The molecule has 1 fully saturated rings. The first kappa shape index (κ1) is 15.6. The van der Waals surface area contributed by atoms with E-state index in [1.54, 1.807) is 6.92 Å². The summed E-state index contributed by atoms with van der Waals surface area (Å²) in [5.41, 5.74) is 2.10. The Balaban J connectivity index is 2.29. The molecule has 0 aliphatic carbocycles. The first-order valence-corrected chi connectivity index (χ1v) is 6.87. The van der Waals surface area contributed by atoms with Gasteiger partial charge >= 0.3 is 0 Å². The minimum Gasteiger partial charge on any atom is -0.394 e. The fourth-order valence-electron chi connectivity index (χ4n) is 2.89. The third kappa shape index (κ3) is 1.85. The molecule has 1 saturated heterocycles. The zero-order chi connectivity index (χ0) is 17.0. The number of aryl methyl sites for hydroxylation is 1.